The number of nitrogens with zero attached hydrogens (tertiary/aromatic N) is 1. The SMILES string of the molecule is Brc1ccnc(OC2COC2)c1. The molecule has 12 heavy (non-hydrogen) atoms. The van der Waals surface area contributed by atoms with Crippen LogP contribution in [0.5, 0.6) is 5.88 Å². The summed E-state index contributed by atoms with van der Waals surface area (Å²) in [4.78, 5) is 4.05. The zero-order valence-electron chi connectivity index (χ0n) is 6.37. The highest BCUT2D eigenvalue weighted by Crippen LogP contribution is 2.17. The molecule has 0 aliphatic carbocycles. The minimum Gasteiger partial charge on any atom is -0.469 e. The predicted octanol–water partition coefficient (Wildman–Crippen LogP) is 1.62. The lowest BCUT2D eigenvalue weighted by molar-refractivity contribution is -0.0813. The van der Waals surface area contributed by atoms with Crippen LogP contribution in [-0.4, -0.2) is 24.3 Å². The van der Waals surface area contributed by atoms with E-state index in [0.717, 1.165) is 4.47 Å². The van der Waals surface area contributed by atoms with E-state index in [0.29, 0.717) is 19.1 Å². The van der Waals surface area contributed by atoms with E-state index in [1.165, 1.54) is 0 Å². The third kappa shape index (κ3) is 1.76. The molecule has 0 aromatic carbocycles. The van der Waals surface area contributed by atoms with Crippen LogP contribution >= 0.6 is 15.9 Å². The van der Waals surface area contributed by atoms with Crippen LogP contribution in [0.3, 0.4) is 0 Å². The van der Waals surface area contributed by atoms with Crippen molar-refractivity contribution in [2.75, 3.05) is 13.2 Å². The summed E-state index contributed by atoms with van der Waals surface area (Å²) in [6.45, 7) is 1.35. The molecule has 0 amide bonds. The summed E-state index contributed by atoms with van der Waals surface area (Å²) in [6, 6.07) is 3.71. The van der Waals surface area contributed by atoms with Gasteiger partial charge in [-0.25, -0.2) is 4.98 Å². The Bertz CT molecular complexity index is 276. The van der Waals surface area contributed by atoms with Gasteiger partial charge in [0.25, 0.3) is 0 Å². The number of rotatable bonds is 2. The molecule has 0 spiro atoms. The normalized spacial score (nSPS) is 17.1. The zero-order valence-corrected chi connectivity index (χ0v) is 7.95. The molecule has 0 bridgehead atoms. The highest BCUT2D eigenvalue weighted by Gasteiger charge is 2.20. The number of aromatic nitrogens is 1. The lowest BCUT2D eigenvalue weighted by Crippen LogP contribution is -2.38. The fraction of sp³-hybridized carbons (Fsp3) is 0.375. The largest absolute Gasteiger partial charge is 0.469 e. The highest BCUT2D eigenvalue weighted by molar-refractivity contribution is 9.10. The second-order valence-corrected chi connectivity index (χ2v) is 3.51. The molecular formula is C8H8BrNO2. The van der Waals surface area contributed by atoms with E-state index in [-0.39, 0.29) is 6.10 Å². The Morgan fingerprint density at radius 1 is 1.58 bits per heavy atom. The van der Waals surface area contributed by atoms with Gasteiger partial charge in [-0.1, -0.05) is 15.9 Å². The second kappa shape index (κ2) is 3.41. The molecular weight excluding hydrogens is 222 g/mol. The van der Waals surface area contributed by atoms with E-state index in [4.69, 9.17) is 9.47 Å². The van der Waals surface area contributed by atoms with Crippen LogP contribution in [-0.2, 0) is 4.74 Å². The molecule has 3 nitrogen and oxygen atoms in total. The molecule has 0 saturated carbocycles. The Balaban J connectivity index is 2.02. The molecule has 1 aromatic rings. The summed E-state index contributed by atoms with van der Waals surface area (Å²) in [7, 11) is 0. The van der Waals surface area contributed by atoms with Gasteiger partial charge in [-0.05, 0) is 6.07 Å². The zero-order chi connectivity index (χ0) is 8.39. The fourth-order valence-electron chi connectivity index (χ4n) is 0.903. The van der Waals surface area contributed by atoms with Gasteiger partial charge in [-0.15, -0.1) is 0 Å². The lowest BCUT2D eigenvalue weighted by atomic mass is 10.3. The molecule has 1 aliphatic heterocycles. The first kappa shape index (κ1) is 8.01. The Kier molecular flexibility index (Phi) is 2.28. The van der Waals surface area contributed by atoms with Gasteiger partial charge in [0.05, 0.1) is 13.2 Å². The summed E-state index contributed by atoms with van der Waals surface area (Å²) < 4.78 is 11.4. The van der Waals surface area contributed by atoms with Crippen molar-refractivity contribution < 1.29 is 9.47 Å². The summed E-state index contributed by atoms with van der Waals surface area (Å²) in [6.07, 6.45) is 1.89. The Labute approximate surface area is 78.8 Å². The van der Waals surface area contributed by atoms with Gasteiger partial charge in [-0.3, -0.25) is 0 Å². The maximum atomic E-state index is 5.46. The molecule has 0 unspecified atom stereocenters. The topological polar surface area (TPSA) is 31.4 Å². The van der Waals surface area contributed by atoms with E-state index < -0.39 is 0 Å². The number of halogens is 1. The summed E-state index contributed by atoms with van der Waals surface area (Å²) >= 11 is 3.34. The van der Waals surface area contributed by atoms with Crippen LogP contribution in [0.1, 0.15) is 0 Å². The van der Waals surface area contributed by atoms with E-state index in [1.807, 2.05) is 12.1 Å². The standard InChI is InChI=1S/C8H8BrNO2/c9-6-1-2-10-8(3-6)12-7-4-11-5-7/h1-3,7H,4-5H2. The van der Waals surface area contributed by atoms with E-state index in [9.17, 15) is 0 Å². The average molecular weight is 230 g/mol. The van der Waals surface area contributed by atoms with Gasteiger partial charge >= 0.3 is 0 Å². The second-order valence-electron chi connectivity index (χ2n) is 2.59. The third-order valence-corrected chi connectivity index (χ3v) is 2.09. The van der Waals surface area contributed by atoms with Crippen molar-refractivity contribution in [1.29, 1.82) is 0 Å². The third-order valence-electron chi connectivity index (χ3n) is 1.59. The molecule has 4 heteroatoms. The van der Waals surface area contributed by atoms with Crippen LogP contribution in [0.15, 0.2) is 22.8 Å². The predicted molar refractivity (Wildman–Crippen MR) is 47.2 cm³/mol. The number of pyridine rings is 1. The number of hydrogen-bond acceptors (Lipinski definition) is 3. The maximum absolute atomic E-state index is 5.46. The van der Waals surface area contributed by atoms with Gasteiger partial charge in [0.1, 0.15) is 6.10 Å². The average Bonchev–Trinajstić information content (AvgIpc) is 1.97. The molecule has 2 rings (SSSR count). The smallest absolute Gasteiger partial charge is 0.214 e. The monoisotopic (exact) mass is 229 g/mol. The molecule has 0 radical (unpaired) electrons. The van der Waals surface area contributed by atoms with Crippen molar-refractivity contribution in [3.05, 3.63) is 22.8 Å². The molecule has 0 N–H and O–H groups in total. The highest BCUT2D eigenvalue weighted by atomic mass is 79.9. The number of ether oxygens (including phenoxy) is 2. The Morgan fingerprint density at radius 3 is 3.00 bits per heavy atom. The van der Waals surface area contributed by atoms with Crippen molar-refractivity contribution in [1.82, 2.24) is 4.98 Å². The van der Waals surface area contributed by atoms with Crippen LogP contribution in [0.25, 0.3) is 0 Å². The lowest BCUT2D eigenvalue weighted by Gasteiger charge is -2.25. The first-order valence-electron chi connectivity index (χ1n) is 3.70. The van der Waals surface area contributed by atoms with Crippen molar-refractivity contribution in [3.63, 3.8) is 0 Å². The van der Waals surface area contributed by atoms with Gasteiger partial charge < -0.3 is 9.47 Å². The van der Waals surface area contributed by atoms with Crippen LogP contribution in [0.2, 0.25) is 0 Å². The summed E-state index contributed by atoms with van der Waals surface area (Å²) in [5, 5.41) is 0. The van der Waals surface area contributed by atoms with Crippen molar-refractivity contribution in [2.24, 2.45) is 0 Å². The molecule has 1 aromatic heterocycles. The number of hydrogen-bond donors (Lipinski definition) is 0. The summed E-state index contributed by atoms with van der Waals surface area (Å²) in [5.74, 6) is 0.651. The molecule has 2 heterocycles. The maximum Gasteiger partial charge on any atom is 0.214 e. The van der Waals surface area contributed by atoms with Crippen LogP contribution < -0.4 is 4.74 Å². The minimum atomic E-state index is 0.187. The van der Waals surface area contributed by atoms with Gasteiger partial charge in [-0.2, -0.15) is 0 Å². The molecule has 64 valence electrons. The van der Waals surface area contributed by atoms with Gasteiger partial charge in [0, 0.05) is 16.7 Å². The molecule has 1 aliphatic rings. The van der Waals surface area contributed by atoms with Gasteiger partial charge in [0.15, 0.2) is 0 Å². The Hall–Kier alpha value is -0.610. The van der Waals surface area contributed by atoms with Crippen molar-refractivity contribution in [2.45, 2.75) is 6.10 Å². The Morgan fingerprint density at radius 2 is 2.42 bits per heavy atom. The first-order chi connectivity index (χ1) is 5.84. The first-order valence-corrected chi connectivity index (χ1v) is 4.50. The van der Waals surface area contributed by atoms with Crippen LogP contribution in [0.4, 0.5) is 0 Å². The molecule has 1 saturated heterocycles. The minimum absolute atomic E-state index is 0.187. The van der Waals surface area contributed by atoms with Gasteiger partial charge in [0.2, 0.25) is 5.88 Å². The molecule has 0 atom stereocenters. The fourth-order valence-corrected chi connectivity index (χ4v) is 1.22. The quantitative estimate of drug-likeness (QED) is 0.773. The summed E-state index contributed by atoms with van der Waals surface area (Å²) in [5.41, 5.74) is 0. The van der Waals surface area contributed by atoms with Crippen molar-refractivity contribution >= 4 is 15.9 Å². The molecule has 1 fully saturated rings. The van der Waals surface area contributed by atoms with E-state index in [1.54, 1.807) is 6.20 Å². The van der Waals surface area contributed by atoms with Crippen LogP contribution in [0, 0.1) is 0 Å². The van der Waals surface area contributed by atoms with E-state index in [2.05, 4.69) is 20.9 Å². The van der Waals surface area contributed by atoms with E-state index >= 15 is 0 Å². The van der Waals surface area contributed by atoms with Crippen molar-refractivity contribution in [3.8, 4) is 5.88 Å².